The molecule has 4 nitrogen and oxygen atoms in total. The summed E-state index contributed by atoms with van der Waals surface area (Å²) in [6, 6.07) is 2.12. The molecule has 0 unspecified atom stereocenters. The standard InChI is InChI=1S/C11H17N3O/c15-11-4-2-1-3-10(11)13-7-9-5-6-12-8-14-9/h5-6,8,10-11,13,15H,1-4,7H2/t10-,11-/m0/s1. The molecule has 0 saturated heterocycles. The SMILES string of the molecule is O[C@H]1CCCC[C@@H]1NCc1ccncn1. The molecule has 15 heavy (non-hydrogen) atoms. The lowest BCUT2D eigenvalue weighted by molar-refractivity contribution is 0.0901. The molecule has 1 aliphatic rings. The second kappa shape index (κ2) is 5.19. The van der Waals surface area contributed by atoms with Crippen molar-refractivity contribution in [2.24, 2.45) is 0 Å². The summed E-state index contributed by atoms with van der Waals surface area (Å²) in [5.41, 5.74) is 0.975. The average molecular weight is 207 g/mol. The molecule has 2 atom stereocenters. The molecule has 4 heteroatoms. The number of aliphatic hydroxyl groups excluding tert-OH is 1. The molecular weight excluding hydrogens is 190 g/mol. The van der Waals surface area contributed by atoms with Crippen LogP contribution in [0, 0.1) is 0 Å². The number of nitrogens with zero attached hydrogens (tertiary/aromatic N) is 2. The van der Waals surface area contributed by atoms with Crippen LogP contribution in [0.2, 0.25) is 0 Å². The van der Waals surface area contributed by atoms with E-state index in [1.54, 1.807) is 12.5 Å². The van der Waals surface area contributed by atoms with Crippen LogP contribution in [0.3, 0.4) is 0 Å². The van der Waals surface area contributed by atoms with Crippen LogP contribution >= 0.6 is 0 Å². The van der Waals surface area contributed by atoms with Crippen molar-refractivity contribution < 1.29 is 5.11 Å². The Kier molecular flexibility index (Phi) is 3.64. The van der Waals surface area contributed by atoms with E-state index in [2.05, 4.69) is 15.3 Å². The second-order valence-corrected chi connectivity index (χ2v) is 4.04. The first-order chi connectivity index (χ1) is 7.36. The number of hydrogen-bond acceptors (Lipinski definition) is 4. The number of nitrogens with one attached hydrogen (secondary N) is 1. The smallest absolute Gasteiger partial charge is 0.115 e. The number of rotatable bonds is 3. The van der Waals surface area contributed by atoms with E-state index in [0.29, 0.717) is 6.54 Å². The van der Waals surface area contributed by atoms with E-state index >= 15 is 0 Å². The first-order valence-electron chi connectivity index (χ1n) is 5.52. The molecule has 1 aliphatic carbocycles. The predicted octanol–water partition coefficient (Wildman–Crippen LogP) is 0.870. The minimum Gasteiger partial charge on any atom is -0.392 e. The molecule has 1 aromatic rings. The van der Waals surface area contributed by atoms with Gasteiger partial charge in [0.15, 0.2) is 0 Å². The van der Waals surface area contributed by atoms with Gasteiger partial charge in [-0.15, -0.1) is 0 Å². The summed E-state index contributed by atoms with van der Waals surface area (Å²) in [4.78, 5) is 8.00. The van der Waals surface area contributed by atoms with Crippen LogP contribution in [0.4, 0.5) is 0 Å². The van der Waals surface area contributed by atoms with Gasteiger partial charge in [-0.25, -0.2) is 9.97 Å². The molecule has 0 spiro atoms. The lowest BCUT2D eigenvalue weighted by atomic mass is 9.92. The highest BCUT2D eigenvalue weighted by molar-refractivity contribution is 4.98. The van der Waals surface area contributed by atoms with Crippen LogP contribution in [0.15, 0.2) is 18.6 Å². The Labute approximate surface area is 89.8 Å². The Morgan fingerprint density at radius 3 is 3.00 bits per heavy atom. The fraction of sp³-hybridized carbons (Fsp3) is 0.636. The van der Waals surface area contributed by atoms with Gasteiger partial charge >= 0.3 is 0 Å². The van der Waals surface area contributed by atoms with Gasteiger partial charge in [0.05, 0.1) is 11.8 Å². The Morgan fingerprint density at radius 1 is 1.40 bits per heavy atom. The zero-order valence-corrected chi connectivity index (χ0v) is 8.76. The third-order valence-corrected chi connectivity index (χ3v) is 2.92. The zero-order chi connectivity index (χ0) is 10.5. The third-order valence-electron chi connectivity index (χ3n) is 2.92. The maximum Gasteiger partial charge on any atom is 0.115 e. The van der Waals surface area contributed by atoms with Gasteiger partial charge in [-0.2, -0.15) is 0 Å². The molecule has 0 aliphatic heterocycles. The summed E-state index contributed by atoms with van der Waals surface area (Å²) in [5, 5.41) is 13.1. The van der Waals surface area contributed by atoms with Gasteiger partial charge in [0.25, 0.3) is 0 Å². The van der Waals surface area contributed by atoms with Gasteiger partial charge in [-0.05, 0) is 18.9 Å². The van der Waals surface area contributed by atoms with E-state index in [9.17, 15) is 5.11 Å². The number of aliphatic hydroxyl groups is 1. The average Bonchev–Trinajstić information content (AvgIpc) is 2.29. The van der Waals surface area contributed by atoms with E-state index in [-0.39, 0.29) is 12.1 Å². The summed E-state index contributed by atoms with van der Waals surface area (Å²) < 4.78 is 0. The lowest BCUT2D eigenvalue weighted by Gasteiger charge is -2.28. The van der Waals surface area contributed by atoms with Crippen LogP contribution in [0.25, 0.3) is 0 Å². The molecule has 1 fully saturated rings. The molecular formula is C11H17N3O. The number of hydrogen-bond donors (Lipinski definition) is 2. The monoisotopic (exact) mass is 207 g/mol. The predicted molar refractivity (Wildman–Crippen MR) is 57.1 cm³/mol. The second-order valence-electron chi connectivity index (χ2n) is 4.04. The maximum atomic E-state index is 9.75. The van der Waals surface area contributed by atoms with Gasteiger partial charge in [-0.1, -0.05) is 12.8 Å². The molecule has 0 bridgehead atoms. The van der Waals surface area contributed by atoms with Crippen molar-refractivity contribution in [2.75, 3.05) is 0 Å². The Hall–Kier alpha value is -1.00. The minimum absolute atomic E-state index is 0.194. The summed E-state index contributed by atoms with van der Waals surface area (Å²) in [6.45, 7) is 0.713. The van der Waals surface area contributed by atoms with Gasteiger partial charge in [-0.3, -0.25) is 0 Å². The van der Waals surface area contributed by atoms with E-state index < -0.39 is 0 Å². The Morgan fingerprint density at radius 2 is 2.27 bits per heavy atom. The van der Waals surface area contributed by atoms with E-state index in [4.69, 9.17) is 0 Å². The van der Waals surface area contributed by atoms with E-state index in [1.807, 2.05) is 6.07 Å². The first kappa shape index (κ1) is 10.5. The van der Waals surface area contributed by atoms with Crippen molar-refractivity contribution >= 4 is 0 Å². The van der Waals surface area contributed by atoms with Crippen molar-refractivity contribution in [3.63, 3.8) is 0 Å². The van der Waals surface area contributed by atoms with Crippen LogP contribution in [-0.2, 0) is 6.54 Å². The Bertz CT molecular complexity index is 291. The maximum absolute atomic E-state index is 9.75. The molecule has 0 aromatic carbocycles. The van der Waals surface area contributed by atoms with Crippen molar-refractivity contribution in [1.29, 1.82) is 0 Å². The normalized spacial score (nSPS) is 26.5. The lowest BCUT2D eigenvalue weighted by Crippen LogP contribution is -2.41. The highest BCUT2D eigenvalue weighted by Gasteiger charge is 2.22. The van der Waals surface area contributed by atoms with Gasteiger partial charge in [0.1, 0.15) is 6.33 Å². The van der Waals surface area contributed by atoms with Crippen molar-refractivity contribution in [2.45, 2.75) is 44.4 Å². The minimum atomic E-state index is -0.194. The largest absolute Gasteiger partial charge is 0.392 e. The molecule has 0 radical (unpaired) electrons. The van der Waals surface area contributed by atoms with Gasteiger partial charge in [0.2, 0.25) is 0 Å². The fourth-order valence-electron chi connectivity index (χ4n) is 2.01. The molecule has 1 aromatic heterocycles. The van der Waals surface area contributed by atoms with E-state index in [0.717, 1.165) is 25.0 Å². The van der Waals surface area contributed by atoms with Crippen LogP contribution < -0.4 is 5.32 Å². The molecule has 2 N–H and O–H groups in total. The summed E-state index contributed by atoms with van der Waals surface area (Å²) in [5.74, 6) is 0. The molecule has 1 heterocycles. The van der Waals surface area contributed by atoms with Crippen molar-refractivity contribution in [1.82, 2.24) is 15.3 Å². The molecule has 2 rings (SSSR count). The Balaban J connectivity index is 1.82. The summed E-state index contributed by atoms with van der Waals surface area (Å²) in [6.07, 6.45) is 7.43. The van der Waals surface area contributed by atoms with E-state index in [1.165, 1.54) is 6.42 Å². The zero-order valence-electron chi connectivity index (χ0n) is 8.76. The van der Waals surface area contributed by atoms with Crippen LogP contribution in [0.5, 0.6) is 0 Å². The van der Waals surface area contributed by atoms with Crippen molar-refractivity contribution in [3.8, 4) is 0 Å². The fourth-order valence-corrected chi connectivity index (χ4v) is 2.01. The third kappa shape index (κ3) is 2.97. The molecule has 0 amide bonds. The quantitative estimate of drug-likeness (QED) is 0.772. The topological polar surface area (TPSA) is 58.0 Å². The first-order valence-corrected chi connectivity index (χ1v) is 5.52. The molecule has 82 valence electrons. The van der Waals surface area contributed by atoms with Gasteiger partial charge in [0, 0.05) is 18.8 Å². The molecule has 1 saturated carbocycles. The summed E-state index contributed by atoms with van der Waals surface area (Å²) >= 11 is 0. The summed E-state index contributed by atoms with van der Waals surface area (Å²) in [7, 11) is 0. The number of aromatic nitrogens is 2. The highest BCUT2D eigenvalue weighted by Crippen LogP contribution is 2.18. The highest BCUT2D eigenvalue weighted by atomic mass is 16.3. The van der Waals surface area contributed by atoms with Crippen molar-refractivity contribution in [3.05, 3.63) is 24.3 Å². The van der Waals surface area contributed by atoms with Crippen LogP contribution in [0.1, 0.15) is 31.4 Å². The van der Waals surface area contributed by atoms with Crippen LogP contribution in [-0.4, -0.2) is 27.2 Å². The van der Waals surface area contributed by atoms with Gasteiger partial charge < -0.3 is 10.4 Å².